The fraction of sp³-hybridized carbons (Fsp3) is 0.364. The van der Waals surface area contributed by atoms with Crippen LogP contribution in [0.15, 0.2) is 53.4 Å². The molecule has 10 heteroatoms. The quantitative estimate of drug-likeness (QED) is 0.555. The molecule has 0 bridgehead atoms. The molecule has 0 aliphatic carbocycles. The SMILES string of the molecule is COc1ccccc1C(=O)NCCc1ccc(S(=O)(=O)NC(=O)NN2CCCCC2)cc1. The summed E-state index contributed by atoms with van der Waals surface area (Å²) >= 11 is 0. The van der Waals surface area contributed by atoms with E-state index in [1.54, 1.807) is 41.4 Å². The Morgan fingerprint density at radius 1 is 1.00 bits per heavy atom. The largest absolute Gasteiger partial charge is 0.496 e. The van der Waals surface area contributed by atoms with Crippen LogP contribution in [0, 0.1) is 0 Å². The summed E-state index contributed by atoms with van der Waals surface area (Å²) in [6.45, 7) is 1.78. The molecule has 2 aromatic rings. The first-order valence-corrected chi connectivity index (χ1v) is 12.0. The number of para-hydroxylation sites is 1. The Balaban J connectivity index is 1.50. The summed E-state index contributed by atoms with van der Waals surface area (Å²) in [4.78, 5) is 24.4. The Labute approximate surface area is 188 Å². The minimum absolute atomic E-state index is 0.00639. The van der Waals surface area contributed by atoms with Crippen molar-refractivity contribution in [1.82, 2.24) is 20.5 Å². The molecule has 1 saturated heterocycles. The molecule has 1 fully saturated rings. The van der Waals surface area contributed by atoms with Crippen molar-refractivity contribution in [3.05, 3.63) is 59.7 Å². The highest BCUT2D eigenvalue weighted by atomic mass is 32.2. The first kappa shape index (κ1) is 23.6. The summed E-state index contributed by atoms with van der Waals surface area (Å²) in [6, 6.07) is 12.4. The number of methoxy groups -OCH3 is 1. The molecule has 1 aliphatic heterocycles. The number of carbonyl (C=O) groups is 2. The van der Waals surface area contributed by atoms with Crippen molar-refractivity contribution in [2.45, 2.75) is 30.6 Å². The second-order valence-electron chi connectivity index (χ2n) is 7.44. The summed E-state index contributed by atoms with van der Waals surface area (Å²) in [6.07, 6.45) is 3.56. The molecule has 0 unspecified atom stereocenters. The van der Waals surface area contributed by atoms with Crippen molar-refractivity contribution < 1.29 is 22.7 Å². The van der Waals surface area contributed by atoms with Crippen LogP contribution in [0.25, 0.3) is 0 Å². The number of nitrogens with one attached hydrogen (secondary N) is 3. The number of hydrogen-bond acceptors (Lipinski definition) is 6. The zero-order chi connectivity index (χ0) is 23.0. The lowest BCUT2D eigenvalue weighted by Crippen LogP contribution is -2.50. The monoisotopic (exact) mass is 460 g/mol. The van der Waals surface area contributed by atoms with Gasteiger partial charge in [0.2, 0.25) is 0 Å². The Hall–Kier alpha value is -3.11. The summed E-state index contributed by atoms with van der Waals surface area (Å²) in [5, 5.41) is 4.54. The van der Waals surface area contributed by atoms with Gasteiger partial charge in [0.1, 0.15) is 5.75 Å². The topological polar surface area (TPSA) is 117 Å². The van der Waals surface area contributed by atoms with E-state index >= 15 is 0 Å². The van der Waals surface area contributed by atoms with Gasteiger partial charge >= 0.3 is 6.03 Å². The second-order valence-corrected chi connectivity index (χ2v) is 9.13. The molecule has 2 aromatic carbocycles. The molecule has 32 heavy (non-hydrogen) atoms. The van der Waals surface area contributed by atoms with E-state index in [2.05, 4.69) is 10.7 Å². The number of amides is 3. The van der Waals surface area contributed by atoms with Crippen LogP contribution < -0.4 is 20.2 Å². The van der Waals surface area contributed by atoms with Gasteiger partial charge in [-0.05, 0) is 49.1 Å². The molecular weight excluding hydrogens is 432 g/mol. The van der Waals surface area contributed by atoms with Gasteiger partial charge in [-0.1, -0.05) is 30.7 Å². The zero-order valence-corrected chi connectivity index (χ0v) is 18.8. The van der Waals surface area contributed by atoms with Gasteiger partial charge in [-0.2, -0.15) is 0 Å². The Kier molecular flexibility index (Phi) is 8.07. The highest BCUT2D eigenvalue weighted by molar-refractivity contribution is 7.90. The van der Waals surface area contributed by atoms with Crippen molar-refractivity contribution >= 4 is 22.0 Å². The van der Waals surface area contributed by atoms with Crippen molar-refractivity contribution in [1.29, 1.82) is 0 Å². The van der Waals surface area contributed by atoms with Gasteiger partial charge in [0.25, 0.3) is 15.9 Å². The molecule has 3 N–H and O–H groups in total. The third-order valence-corrected chi connectivity index (χ3v) is 6.47. The van der Waals surface area contributed by atoms with Crippen LogP contribution >= 0.6 is 0 Å². The zero-order valence-electron chi connectivity index (χ0n) is 18.0. The molecule has 172 valence electrons. The Bertz CT molecular complexity index is 1030. The number of benzene rings is 2. The maximum absolute atomic E-state index is 12.5. The normalized spacial score (nSPS) is 14.4. The highest BCUT2D eigenvalue weighted by Crippen LogP contribution is 2.17. The van der Waals surface area contributed by atoms with E-state index in [-0.39, 0.29) is 10.8 Å². The number of hydrogen-bond donors (Lipinski definition) is 3. The number of urea groups is 1. The van der Waals surface area contributed by atoms with Crippen LogP contribution in [0.1, 0.15) is 35.2 Å². The first-order valence-electron chi connectivity index (χ1n) is 10.5. The number of sulfonamides is 1. The van der Waals surface area contributed by atoms with Crippen molar-refractivity contribution in [2.24, 2.45) is 0 Å². The number of carbonyl (C=O) groups excluding carboxylic acids is 2. The van der Waals surface area contributed by atoms with Crippen LogP contribution in [0.5, 0.6) is 5.75 Å². The predicted octanol–water partition coefficient (Wildman–Crippen LogP) is 2.06. The van der Waals surface area contributed by atoms with Gasteiger partial charge in [0, 0.05) is 19.6 Å². The molecule has 0 spiro atoms. The van der Waals surface area contributed by atoms with Crippen LogP contribution in [-0.2, 0) is 16.4 Å². The van der Waals surface area contributed by atoms with Gasteiger partial charge in [-0.25, -0.2) is 22.9 Å². The molecule has 1 heterocycles. The van der Waals surface area contributed by atoms with E-state index in [1.807, 2.05) is 4.72 Å². The molecule has 9 nitrogen and oxygen atoms in total. The van der Waals surface area contributed by atoms with Gasteiger partial charge in [0.15, 0.2) is 0 Å². The summed E-state index contributed by atoms with van der Waals surface area (Å²) in [7, 11) is -2.47. The number of hydrazine groups is 1. The van der Waals surface area contributed by atoms with Gasteiger partial charge in [0.05, 0.1) is 17.6 Å². The van der Waals surface area contributed by atoms with E-state index in [0.717, 1.165) is 24.8 Å². The number of nitrogens with zero attached hydrogens (tertiary/aromatic N) is 1. The average Bonchev–Trinajstić information content (AvgIpc) is 2.79. The summed E-state index contributed by atoms with van der Waals surface area (Å²) in [5.41, 5.74) is 3.87. The smallest absolute Gasteiger partial charge is 0.343 e. The summed E-state index contributed by atoms with van der Waals surface area (Å²) in [5.74, 6) is 0.252. The van der Waals surface area contributed by atoms with Crippen molar-refractivity contribution in [3.8, 4) is 5.75 Å². The number of ether oxygens (including phenoxy) is 1. The molecule has 3 amide bonds. The van der Waals surface area contributed by atoms with Crippen molar-refractivity contribution in [3.63, 3.8) is 0 Å². The molecule has 0 radical (unpaired) electrons. The first-order chi connectivity index (χ1) is 15.4. The van der Waals surface area contributed by atoms with E-state index in [0.29, 0.717) is 37.4 Å². The number of piperidine rings is 1. The third kappa shape index (κ3) is 6.44. The van der Waals surface area contributed by atoms with Crippen LogP contribution in [0.2, 0.25) is 0 Å². The Morgan fingerprint density at radius 2 is 1.69 bits per heavy atom. The second kappa shape index (κ2) is 11.0. The maximum atomic E-state index is 12.5. The Morgan fingerprint density at radius 3 is 2.38 bits per heavy atom. The standard InChI is InChI=1S/C22H28N4O5S/c1-31-20-8-4-3-7-19(20)21(27)23-14-13-17-9-11-18(12-10-17)32(29,30)25-22(28)24-26-15-5-2-6-16-26/h3-4,7-12H,2,5-6,13-16H2,1H3,(H,23,27)(H2,24,25,28). The highest BCUT2D eigenvalue weighted by Gasteiger charge is 2.20. The van der Waals surface area contributed by atoms with Gasteiger partial charge in [-0.3, -0.25) is 10.2 Å². The molecule has 1 aliphatic rings. The predicted molar refractivity (Wildman–Crippen MR) is 120 cm³/mol. The van der Waals surface area contributed by atoms with Crippen LogP contribution in [0.3, 0.4) is 0 Å². The minimum atomic E-state index is -3.98. The molecular formula is C22H28N4O5S. The summed E-state index contributed by atoms with van der Waals surface area (Å²) < 4.78 is 32.1. The lowest BCUT2D eigenvalue weighted by Gasteiger charge is -2.26. The fourth-order valence-electron chi connectivity index (χ4n) is 3.44. The number of rotatable bonds is 8. The van der Waals surface area contributed by atoms with E-state index in [9.17, 15) is 18.0 Å². The molecule has 0 aromatic heterocycles. The third-order valence-electron chi connectivity index (χ3n) is 5.13. The van der Waals surface area contributed by atoms with E-state index in [1.165, 1.54) is 19.2 Å². The minimum Gasteiger partial charge on any atom is -0.496 e. The van der Waals surface area contributed by atoms with Crippen molar-refractivity contribution in [2.75, 3.05) is 26.7 Å². The van der Waals surface area contributed by atoms with Crippen LogP contribution in [-0.4, -0.2) is 52.1 Å². The lowest BCUT2D eigenvalue weighted by atomic mass is 10.1. The lowest BCUT2D eigenvalue weighted by molar-refractivity contribution is 0.0951. The van der Waals surface area contributed by atoms with Gasteiger partial charge < -0.3 is 10.1 Å². The molecule has 0 saturated carbocycles. The van der Waals surface area contributed by atoms with Gasteiger partial charge in [-0.15, -0.1) is 0 Å². The molecule has 3 rings (SSSR count). The molecule has 0 atom stereocenters. The van der Waals surface area contributed by atoms with E-state index < -0.39 is 16.1 Å². The fourth-order valence-corrected chi connectivity index (χ4v) is 4.34. The van der Waals surface area contributed by atoms with Crippen LogP contribution in [0.4, 0.5) is 4.79 Å². The maximum Gasteiger partial charge on any atom is 0.343 e. The van der Waals surface area contributed by atoms with E-state index in [4.69, 9.17) is 4.74 Å². The average molecular weight is 461 g/mol.